The van der Waals surface area contributed by atoms with Gasteiger partial charge in [-0.2, -0.15) is 0 Å². The zero-order chi connectivity index (χ0) is 15.6. The molecule has 0 spiro atoms. The van der Waals surface area contributed by atoms with Gasteiger partial charge in [0.15, 0.2) is 0 Å². The van der Waals surface area contributed by atoms with Crippen molar-refractivity contribution < 1.29 is 15.0 Å². The molecule has 1 atom stereocenters. The number of aliphatic hydroxyl groups is 2. The van der Waals surface area contributed by atoms with Crippen molar-refractivity contribution in [3.63, 3.8) is 0 Å². The molecule has 0 aliphatic carbocycles. The number of rotatable bonds is 4. The second kappa shape index (κ2) is 6.08. The van der Waals surface area contributed by atoms with E-state index in [9.17, 15) is 9.90 Å². The molecule has 112 valence electrons. The van der Waals surface area contributed by atoms with Gasteiger partial charge in [-0.25, -0.2) is 4.98 Å². The first-order chi connectivity index (χ1) is 9.05. The van der Waals surface area contributed by atoms with Crippen LogP contribution in [0.25, 0.3) is 0 Å². The molecule has 20 heavy (non-hydrogen) atoms. The summed E-state index contributed by atoms with van der Waals surface area (Å²) in [4.78, 5) is 16.3. The summed E-state index contributed by atoms with van der Waals surface area (Å²) in [6.45, 7) is 6.88. The number of nitrogens with one attached hydrogen (secondary N) is 1. The van der Waals surface area contributed by atoms with E-state index in [0.29, 0.717) is 11.3 Å². The molecular weight excluding hydrogens is 280 g/mol. The van der Waals surface area contributed by atoms with Crippen molar-refractivity contribution in [2.45, 2.75) is 38.7 Å². The van der Waals surface area contributed by atoms with Gasteiger partial charge in [0.2, 0.25) is 0 Å². The van der Waals surface area contributed by atoms with Crippen LogP contribution in [0.5, 0.6) is 0 Å². The summed E-state index contributed by atoms with van der Waals surface area (Å²) >= 11 is 5.94. The Morgan fingerprint density at radius 2 is 1.95 bits per heavy atom. The standard InChI is InChI=1S/C14H21ClN2O3/c1-13(2,3)10-5-9(6-11(15)17-10)12(19)16-7-14(4,20)8-18/h5-6,18,20H,7-8H2,1-4H3,(H,16,19). The van der Waals surface area contributed by atoms with E-state index >= 15 is 0 Å². The molecule has 1 aromatic heterocycles. The summed E-state index contributed by atoms with van der Waals surface area (Å²) in [5, 5.41) is 21.4. The zero-order valence-corrected chi connectivity index (χ0v) is 13.0. The van der Waals surface area contributed by atoms with Crippen LogP contribution >= 0.6 is 11.6 Å². The smallest absolute Gasteiger partial charge is 0.251 e. The van der Waals surface area contributed by atoms with Crippen LogP contribution in [0.1, 0.15) is 43.7 Å². The van der Waals surface area contributed by atoms with Crippen molar-refractivity contribution in [2.24, 2.45) is 0 Å². The quantitative estimate of drug-likeness (QED) is 0.736. The number of halogens is 1. The second-order valence-electron chi connectivity index (χ2n) is 6.15. The van der Waals surface area contributed by atoms with E-state index in [1.165, 1.54) is 13.0 Å². The molecule has 0 aliphatic rings. The van der Waals surface area contributed by atoms with Gasteiger partial charge < -0.3 is 15.5 Å². The van der Waals surface area contributed by atoms with E-state index in [1.54, 1.807) is 6.07 Å². The fourth-order valence-electron chi connectivity index (χ4n) is 1.44. The molecule has 3 N–H and O–H groups in total. The third-order valence-corrected chi connectivity index (χ3v) is 2.99. The lowest BCUT2D eigenvalue weighted by Crippen LogP contribution is -2.43. The summed E-state index contributed by atoms with van der Waals surface area (Å²) in [7, 11) is 0. The number of hydrogen-bond acceptors (Lipinski definition) is 4. The normalized spacial score (nSPS) is 14.8. The van der Waals surface area contributed by atoms with Crippen LogP contribution in [0.3, 0.4) is 0 Å². The Labute approximate surface area is 124 Å². The van der Waals surface area contributed by atoms with E-state index in [-0.39, 0.29) is 23.0 Å². The van der Waals surface area contributed by atoms with E-state index < -0.39 is 12.2 Å². The van der Waals surface area contributed by atoms with Gasteiger partial charge in [-0.3, -0.25) is 4.79 Å². The number of carbonyl (C=O) groups is 1. The van der Waals surface area contributed by atoms with Gasteiger partial charge in [-0.05, 0) is 19.1 Å². The molecule has 1 heterocycles. The Bertz CT molecular complexity index is 496. The van der Waals surface area contributed by atoms with E-state index in [0.717, 1.165) is 0 Å². The highest BCUT2D eigenvalue weighted by molar-refractivity contribution is 6.29. The van der Waals surface area contributed by atoms with E-state index in [2.05, 4.69) is 10.3 Å². The van der Waals surface area contributed by atoms with Gasteiger partial charge >= 0.3 is 0 Å². The number of amides is 1. The van der Waals surface area contributed by atoms with Crippen LogP contribution in [0.15, 0.2) is 12.1 Å². The van der Waals surface area contributed by atoms with Gasteiger partial charge in [0.25, 0.3) is 5.91 Å². The Kier molecular flexibility index (Phi) is 5.13. The zero-order valence-electron chi connectivity index (χ0n) is 12.2. The third kappa shape index (κ3) is 4.74. The molecule has 5 nitrogen and oxygen atoms in total. The molecule has 1 unspecified atom stereocenters. The van der Waals surface area contributed by atoms with Crippen molar-refractivity contribution in [1.29, 1.82) is 0 Å². The molecule has 0 aliphatic heterocycles. The topological polar surface area (TPSA) is 82.5 Å². The van der Waals surface area contributed by atoms with Crippen LogP contribution in [0.2, 0.25) is 5.15 Å². The highest BCUT2D eigenvalue weighted by Gasteiger charge is 2.22. The van der Waals surface area contributed by atoms with Crippen LogP contribution in [0, 0.1) is 0 Å². The summed E-state index contributed by atoms with van der Waals surface area (Å²) in [6.07, 6.45) is 0. The van der Waals surface area contributed by atoms with Crippen LogP contribution in [-0.4, -0.2) is 39.9 Å². The number of carbonyl (C=O) groups excluding carboxylic acids is 1. The van der Waals surface area contributed by atoms with Crippen molar-refractivity contribution in [3.05, 3.63) is 28.5 Å². The molecule has 0 fully saturated rings. The second-order valence-corrected chi connectivity index (χ2v) is 6.54. The molecule has 0 radical (unpaired) electrons. The fraction of sp³-hybridized carbons (Fsp3) is 0.571. The predicted molar refractivity (Wildman–Crippen MR) is 78.0 cm³/mol. The molecule has 1 rings (SSSR count). The number of nitrogens with zero attached hydrogens (tertiary/aromatic N) is 1. The summed E-state index contributed by atoms with van der Waals surface area (Å²) in [6, 6.07) is 3.15. The van der Waals surface area contributed by atoms with Crippen molar-refractivity contribution in [1.82, 2.24) is 10.3 Å². The average molecular weight is 301 g/mol. The first kappa shape index (κ1) is 16.9. The van der Waals surface area contributed by atoms with Gasteiger partial charge in [0.05, 0.1) is 6.61 Å². The molecule has 0 aromatic carbocycles. The Morgan fingerprint density at radius 3 is 2.45 bits per heavy atom. The third-order valence-electron chi connectivity index (χ3n) is 2.80. The van der Waals surface area contributed by atoms with Gasteiger partial charge in [-0.15, -0.1) is 0 Å². The van der Waals surface area contributed by atoms with Gasteiger partial charge in [0, 0.05) is 23.2 Å². The minimum atomic E-state index is -1.35. The minimum Gasteiger partial charge on any atom is -0.393 e. The van der Waals surface area contributed by atoms with E-state index in [1.807, 2.05) is 20.8 Å². The lowest BCUT2D eigenvalue weighted by Gasteiger charge is -2.21. The van der Waals surface area contributed by atoms with E-state index in [4.69, 9.17) is 16.7 Å². The number of hydrogen-bond donors (Lipinski definition) is 3. The largest absolute Gasteiger partial charge is 0.393 e. The average Bonchev–Trinajstić information content (AvgIpc) is 2.34. The molecule has 0 bridgehead atoms. The Hall–Kier alpha value is -1.17. The first-order valence-electron chi connectivity index (χ1n) is 6.35. The molecular formula is C14H21ClN2O3. The molecule has 1 amide bonds. The first-order valence-corrected chi connectivity index (χ1v) is 6.72. The SMILES string of the molecule is CC(O)(CO)CNC(=O)c1cc(Cl)nc(C(C)(C)C)c1. The van der Waals surface area contributed by atoms with Crippen LogP contribution in [-0.2, 0) is 5.41 Å². The van der Waals surface area contributed by atoms with Crippen LogP contribution in [0.4, 0.5) is 0 Å². The molecule has 1 aromatic rings. The summed E-state index contributed by atoms with van der Waals surface area (Å²) < 4.78 is 0. The maximum atomic E-state index is 12.0. The summed E-state index contributed by atoms with van der Waals surface area (Å²) in [5.41, 5.74) is -0.483. The minimum absolute atomic E-state index is 0.0485. The fourth-order valence-corrected chi connectivity index (χ4v) is 1.65. The number of aliphatic hydroxyl groups excluding tert-OH is 1. The number of aromatic nitrogens is 1. The number of pyridine rings is 1. The maximum absolute atomic E-state index is 12.0. The molecule has 6 heteroatoms. The van der Waals surface area contributed by atoms with Crippen molar-refractivity contribution in [3.8, 4) is 0 Å². The highest BCUT2D eigenvalue weighted by atomic mass is 35.5. The van der Waals surface area contributed by atoms with Gasteiger partial charge in [-0.1, -0.05) is 32.4 Å². The molecule has 0 saturated carbocycles. The lowest BCUT2D eigenvalue weighted by atomic mass is 9.91. The predicted octanol–water partition coefficient (Wildman–Crippen LogP) is 1.51. The summed E-state index contributed by atoms with van der Waals surface area (Å²) in [5.74, 6) is -0.367. The van der Waals surface area contributed by atoms with Crippen molar-refractivity contribution in [2.75, 3.05) is 13.2 Å². The monoisotopic (exact) mass is 300 g/mol. The highest BCUT2D eigenvalue weighted by Crippen LogP contribution is 2.23. The van der Waals surface area contributed by atoms with Crippen LogP contribution < -0.4 is 5.32 Å². The van der Waals surface area contributed by atoms with Crippen molar-refractivity contribution >= 4 is 17.5 Å². The maximum Gasteiger partial charge on any atom is 0.251 e. The molecule has 0 saturated heterocycles. The Morgan fingerprint density at radius 1 is 1.35 bits per heavy atom. The van der Waals surface area contributed by atoms with Gasteiger partial charge in [0.1, 0.15) is 10.8 Å². The Balaban J connectivity index is 2.91. The lowest BCUT2D eigenvalue weighted by molar-refractivity contribution is 0.00320.